The molecule has 0 aliphatic carbocycles. The van der Waals surface area contributed by atoms with Gasteiger partial charge >= 0.3 is 0 Å². The molecule has 0 spiro atoms. The van der Waals surface area contributed by atoms with Gasteiger partial charge in [0.25, 0.3) is 0 Å². The number of primary sulfonamides is 1. The third-order valence-corrected chi connectivity index (χ3v) is 6.00. The summed E-state index contributed by atoms with van der Waals surface area (Å²) >= 11 is 0. The number of pyridine rings is 1. The van der Waals surface area contributed by atoms with Crippen LogP contribution in [0.3, 0.4) is 0 Å². The van der Waals surface area contributed by atoms with Crippen molar-refractivity contribution >= 4 is 21.6 Å². The maximum Gasteiger partial charge on any atom is 0.238 e. The molecule has 3 N–H and O–H groups in total. The summed E-state index contributed by atoms with van der Waals surface area (Å²) in [4.78, 5) is 23.1. The Morgan fingerprint density at radius 2 is 2.00 bits per heavy atom. The van der Waals surface area contributed by atoms with E-state index in [0.29, 0.717) is 36.2 Å². The summed E-state index contributed by atoms with van der Waals surface area (Å²) in [7, 11) is -3.82. The first-order valence-electron chi connectivity index (χ1n) is 9.78. The lowest BCUT2D eigenvalue weighted by Gasteiger charge is -2.29. The monoisotopic (exact) mass is 442 g/mol. The van der Waals surface area contributed by atoms with Crippen LogP contribution in [0, 0.1) is 0 Å². The molecule has 1 saturated heterocycles. The Kier molecular flexibility index (Phi) is 6.07. The normalized spacial score (nSPS) is 15.6. The highest BCUT2D eigenvalue weighted by atomic mass is 32.2. The number of benzene rings is 1. The standard InChI is InChI=1S/C20H22N6O4S/c21-31(28,29)16-5-3-4-15(12-16)23-18(27)13-26-10-7-14(8-11-26)20-24-19(25-30-20)17-6-1-2-9-22-17/h1-6,9,12,14H,7-8,10-11,13H2,(H,23,27)(H2,21,28,29). The van der Waals surface area contributed by atoms with Crippen LogP contribution < -0.4 is 10.5 Å². The minimum atomic E-state index is -3.82. The zero-order valence-electron chi connectivity index (χ0n) is 16.6. The van der Waals surface area contributed by atoms with Gasteiger partial charge in [-0.1, -0.05) is 17.3 Å². The number of piperidine rings is 1. The quantitative estimate of drug-likeness (QED) is 0.586. The third-order valence-electron chi connectivity index (χ3n) is 5.09. The molecule has 2 aromatic heterocycles. The van der Waals surface area contributed by atoms with Crippen molar-refractivity contribution in [3.05, 3.63) is 54.6 Å². The predicted octanol–water partition coefficient (Wildman–Crippen LogP) is 1.60. The number of rotatable bonds is 6. The molecular weight excluding hydrogens is 420 g/mol. The summed E-state index contributed by atoms with van der Waals surface area (Å²) in [6.45, 7) is 1.61. The van der Waals surface area contributed by atoms with E-state index in [1.54, 1.807) is 12.3 Å². The van der Waals surface area contributed by atoms with Crippen molar-refractivity contribution in [3.63, 3.8) is 0 Å². The van der Waals surface area contributed by atoms with Crippen molar-refractivity contribution < 1.29 is 17.7 Å². The Bertz CT molecular complexity index is 1160. The Hall–Kier alpha value is -3.15. The van der Waals surface area contributed by atoms with E-state index < -0.39 is 10.0 Å². The molecule has 3 heterocycles. The Morgan fingerprint density at radius 3 is 2.71 bits per heavy atom. The summed E-state index contributed by atoms with van der Waals surface area (Å²) in [6.07, 6.45) is 3.26. The minimum Gasteiger partial charge on any atom is -0.339 e. The van der Waals surface area contributed by atoms with Crippen LogP contribution in [-0.2, 0) is 14.8 Å². The number of amides is 1. The zero-order chi connectivity index (χ0) is 21.8. The van der Waals surface area contributed by atoms with Gasteiger partial charge in [0.05, 0.1) is 11.4 Å². The molecule has 11 heteroatoms. The van der Waals surface area contributed by atoms with Crippen LogP contribution >= 0.6 is 0 Å². The number of anilines is 1. The molecule has 31 heavy (non-hydrogen) atoms. The molecule has 4 rings (SSSR count). The summed E-state index contributed by atoms with van der Waals surface area (Å²) in [5.74, 6) is 0.972. The van der Waals surface area contributed by atoms with Crippen molar-refractivity contribution in [3.8, 4) is 11.5 Å². The summed E-state index contributed by atoms with van der Waals surface area (Å²) in [6, 6.07) is 11.4. The van der Waals surface area contributed by atoms with Crippen LogP contribution in [0.5, 0.6) is 0 Å². The van der Waals surface area contributed by atoms with Crippen LogP contribution in [0.1, 0.15) is 24.7 Å². The van der Waals surface area contributed by atoms with Gasteiger partial charge in [0.1, 0.15) is 5.69 Å². The lowest BCUT2D eigenvalue weighted by atomic mass is 9.97. The fourth-order valence-corrected chi connectivity index (χ4v) is 4.05. The molecule has 0 unspecified atom stereocenters. The highest BCUT2D eigenvalue weighted by Gasteiger charge is 2.26. The fraction of sp³-hybridized carbons (Fsp3) is 0.300. The van der Waals surface area contributed by atoms with E-state index in [1.807, 2.05) is 23.1 Å². The van der Waals surface area contributed by atoms with Gasteiger partial charge in [-0.2, -0.15) is 4.98 Å². The average Bonchev–Trinajstić information content (AvgIpc) is 3.25. The van der Waals surface area contributed by atoms with E-state index in [9.17, 15) is 13.2 Å². The Morgan fingerprint density at radius 1 is 1.19 bits per heavy atom. The molecule has 1 fully saturated rings. The lowest BCUT2D eigenvalue weighted by Crippen LogP contribution is -2.38. The van der Waals surface area contributed by atoms with E-state index in [1.165, 1.54) is 18.2 Å². The SMILES string of the molecule is NS(=O)(=O)c1cccc(NC(=O)CN2CCC(c3nc(-c4ccccn4)no3)CC2)c1. The van der Waals surface area contributed by atoms with Crippen LogP contribution in [0.2, 0.25) is 0 Å². The van der Waals surface area contributed by atoms with Crippen molar-refractivity contribution in [2.75, 3.05) is 25.0 Å². The van der Waals surface area contributed by atoms with Crippen molar-refractivity contribution in [2.45, 2.75) is 23.7 Å². The Labute approximate surface area is 179 Å². The molecule has 0 radical (unpaired) electrons. The molecule has 10 nitrogen and oxygen atoms in total. The average molecular weight is 443 g/mol. The van der Waals surface area contributed by atoms with Gasteiger partial charge < -0.3 is 9.84 Å². The van der Waals surface area contributed by atoms with E-state index >= 15 is 0 Å². The van der Waals surface area contributed by atoms with Gasteiger partial charge in [-0.25, -0.2) is 13.6 Å². The number of nitrogens with one attached hydrogen (secondary N) is 1. The van der Waals surface area contributed by atoms with Crippen LogP contribution in [0.15, 0.2) is 58.1 Å². The topological polar surface area (TPSA) is 144 Å². The number of nitrogens with two attached hydrogens (primary N) is 1. The molecule has 162 valence electrons. The van der Waals surface area contributed by atoms with Gasteiger partial charge in [0.2, 0.25) is 27.6 Å². The maximum atomic E-state index is 12.4. The molecular formula is C20H22N6O4S. The highest BCUT2D eigenvalue weighted by molar-refractivity contribution is 7.89. The first-order valence-corrected chi connectivity index (χ1v) is 11.3. The van der Waals surface area contributed by atoms with Crippen molar-refractivity contribution in [1.82, 2.24) is 20.0 Å². The molecule has 1 amide bonds. The van der Waals surface area contributed by atoms with E-state index in [0.717, 1.165) is 12.8 Å². The van der Waals surface area contributed by atoms with E-state index in [-0.39, 0.29) is 23.3 Å². The van der Waals surface area contributed by atoms with E-state index in [2.05, 4.69) is 20.4 Å². The minimum absolute atomic E-state index is 0.0456. The molecule has 1 aliphatic heterocycles. The van der Waals surface area contributed by atoms with Gasteiger partial charge in [0, 0.05) is 17.8 Å². The van der Waals surface area contributed by atoms with Crippen molar-refractivity contribution in [2.24, 2.45) is 5.14 Å². The largest absolute Gasteiger partial charge is 0.339 e. The van der Waals surface area contributed by atoms with Gasteiger partial charge in [-0.3, -0.25) is 14.7 Å². The number of likely N-dealkylation sites (tertiary alicyclic amines) is 1. The highest BCUT2D eigenvalue weighted by Crippen LogP contribution is 2.28. The number of nitrogens with zero attached hydrogens (tertiary/aromatic N) is 4. The Balaban J connectivity index is 1.30. The van der Waals surface area contributed by atoms with Crippen LogP contribution in [0.4, 0.5) is 5.69 Å². The molecule has 0 bridgehead atoms. The summed E-state index contributed by atoms with van der Waals surface area (Å²) in [5, 5.41) is 11.9. The first kappa shape index (κ1) is 21.1. The van der Waals surface area contributed by atoms with Crippen LogP contribution in [0.25, 0.3) is 11.5 Å². The second kappa shape index (κ2) is 8.92. The second-order valence-corrected chi connectivity index (χ2v) is 8.90. The zero-order valence-corrected chi connectivity index (χ0v) is 17.5. The molecule has 3 aromatic rings. The predicted molar refractivity (Wildman–Crippen MR) is 112 cm³/mol. The van der Waals surface area contributed by atoms with Crippen LogP contribution in [-0.4, -0.2) is 54.0 Å². The number of aromatic nitrogens is 3. The lowest BCUT2D eigenvalue weighted by molar-refractivity contribution is -0.117. The van der Waals surface area contributed by atoms with Gasteiger partial charge in [-0.15, -0.1) is 0 Å². The summed E-state index contributed by atoms with van der Waals surface area (Å²) < 4.78 is 28.3. The summed E-state index contributed by atoms with van der Waals surface area (Å²) in [5.41, 5.74) is 1.05. The number of sulfonamides is 1. The molecule has 0 saturated carbocycles. The maximum absolute atomic E-state index is 12.4. The number of carbonyl (C=O) groups excluding carboxylic acids is 1. The number of hydrogen-bond acceptors (Lipinski definition) is 8. The van der Waals surface area contributed by atoms with E-state index in [4.69, 9.17) is 9.66 Å². The van der Waals surface area contributed by atoms with Crippen molar-refractivity contribution in [1.29, 1.82) is 0 Å². The third kappa shape index (κ3) is 5.32. The molecule has 1 aromatic carbocycles. The fourth-order valence-electron chi connectivity index (χ4n) is 3.49. The second-order valence-electron chi connectivity index (χ2n) is 7.34. The number of hydrogen-bond donors (Lipinski definition) is 2. The smallest absolute Gasteiger partial charge is 0.238 e. The van der Waals surface area contributed by atoms with Gasteiger partial charge in [0.15, 0.2) is 0 Å². The molecule has 0 atom stereocenters. The number of carbonyl (C=O) groups is 1. The van der Waals surface area contributed by atoms with Gasteiger partial charge in [-0.05, 0) is 56.3 Å². The first-order chi connectivity index (χ1) is 14.9. The molecule has 1 aliphatic rings.